The highest BCUT2D eigenvalue weighted by Gasteiger charge is 2.46. The van der Waals surface area contributed by atoms with Gasteiger partial charge in [0.2, 0.25) is 0 Å². The van der Waals surface area contributed by atoms with Crippen LogP contribution < -0.4 is 14.2 Å². The summed E-state index contributed by atoms with van der Waals surface area (Å²) in [7, 11) is 3.07. The van der Waals surface area contributed by atoms with Gasteiger partial charge in [0.1, 0.15) is 11.5 Å². The fourth-order valence-corrected chi connectivity index (χ4v) is 4.52. The Balaban J connectivity index is 2.10. The molecule has 1 amide bonds. The summed E-state index contributed by atoms with van der Waals surface area (Å²) in [5.41, 5.74) is 1.10. The Morgan fingerprint density at radius 3 is 2.39 bits per heavy atom. The molecule has 0 radical (unpaired) electrons. The van der Waals surface area contributed by atoms with Crippen molar-refractivity contribution in [2.24, 2.45) is 0 Å². The van der Waals surface area contributed by atoms with Gasteiger partial charge in [-0.25, -0.2) is 0 Å². The van der Waals surface area contributed by atoms with Crippen LogP contribution in [-0.2, 0) is 9.59 Å². The van der Waals surface area contributed by atoms with Crippen LogP contribution in [0.1, 0.15) is 44.4 Å². The van der Waals surface area contributed by atoms with Gasteiger partial charge in [-0.15, -0.1) is 0 Å². The van der Waals surface area contributed by atoms with Crippen molar-refractivity contribution in [1.29, 1.82) is 0 Å². The van der Waals surface area contributed by atoms with E-state index < -0.39 is 17.7 Å². The number of aliphatic hydroxyl groups is 1. The van der Waals surface area contributed by atoms with Gasteiger partial charge in [-0.1, -0.05) is 32.0 Å². The third-order valence-corrected chi connectivity index (χ3v) is 6.45. The van der Waals surface area contributed by atoms with Crippen molar-refractivity contribution in [2.45, 2.75) is 33.2 Å². The first-order valence-corrected chi connectivity index (χ1v) is 12.4. The standard InChI is InChI=1S/C28H36N2O6/c1-6-29(7-2)15-10-16-30-25(19-13-14-22(36-8-3)23(18-19)35-5)24(27(32)28(30)33)26(31)20-11-9-12-21(17-20)34-4/h9,11-14,17-18,25,31H,6-8,10,15-16H2,1-5H3/b26-24+. The van der Waals surface area contributed by atoms with Gasteiger partial charge >= 0.3 is 0 Å². The van der Waals surface area contributed by atoms with Crippen LogP contribution in [0.5, 0.6) is 17.2 Å². The predicted molar refractivity (Wildman–Crippen MR) is 139 cm³/mol. The first-order chi connectivity index (χ1) is 17.4. The van der Waals surface area contributed by atoms with E-state index in [9.17, 15) is 14.7 Å². The predicted octanol–water partition coefficient (Wildman–Crippen LogP) is 4.26. The first-order valence-electron chi connectivity index (χ1n) is 12.4. The molecule has 1 unspecified atom stereocenters. The molecule has 0 spiro atoms. The fraction of sp³-hybridized carbons (Fsp3) is 0.429. The van der Waals surface area contributed by atoms with Crippen LogP contribution in [-0.4, -0.2) is 73.6 Å². The van der Waals surface area contributed by atoms with E-state index in [0.717, 1.165) is 19.6 Å². The Morgan fingerprint density at radius 2 is 1.75 bits per heavy atom. The number of benzene rings is 2. The SMILES string of the molecule is CCOc1ccc(C2/C(=C(\O)c3cccc(OC)c3)C(=O)C(=O)N2CCCN(CC)CC)cc1OC. The molecule has 8 heteroatoms. The molecule has 1 aliphatic rings. The fourth-order valence-electron chi connectivity index (χ4n) is 4.52. The lowest BCUT2D eigenvalue weighted by Gasteiger charge is -2.27. The molecule has 2 aromatic carbocycles. The molecule has 3 rings (SSSR count). The molecule has 1 atom stereocenters. The van der Waals surface area contributed by atoms with Gasteiger partial charge in [0.25, 0.3) is 11.7 Å². The number of hydrogen-bond donors (Lipinski definition) is 1. The minimum Gasteiger partial charge on any atom is -0.507 e. The zero-order valence-corrected chi connectivity index (χ0v) is 21.7. The van der Waals surface area contributed by atoms with Crippen molar-refractivity contribution >= 4 is 17.4 Å². The third-order valence-electron chi connectivity index (χ3n) is 6.45. The van der Waals surface area contributed by atoms with E-state index in [0.29, 0.717) is 47.9 Å². The minimum absolute atomic E-state index is 0.0438. The second-order valence-corrected chi connectivity index (χ2v) is 8.45. The molecule has 8 nitrogen and oxygen atoms in total. The Kier molecular flexibility index (Phi) is 9.36. The van der Waals surface area contributed by atoms with Crippen LogP contribution in [0.15, 0.2) is 48.0 Å². The molecule has 1 saturated heterocycles. The van der Waals surface area contributed by atoms with Gasteiger partial charge in [-0.3, -0.25) is 9.59 Å². The van der Waals surface area contributed by atoms with Gasteiger partial charge in [0.15, 0.2) is 11.5 Å². The number of aliphatic hydroxyl groups excluding tert-OH is 1. The summed E-state index contributed by atoms with van der Waals surface area (Å²) < 4.78 is 16.5. The highest BCUT2D eigenvalue weighted by atomic mass is 16.5. The van der Waals surface area contributed by atoms with Gasteiger partial charge in [0.05, 0.1) is 32.4 Å². The van der Waals surface area contributed by atoms with Gasteiger partial charge in [-0.2, -0.15) is 0 Å². The number of carbonyl (C=O) groups excluding carboxylic acids is 2. The molecule has 0 aliphatic carbocycles. The number of carbonyl (C=O) groups is 2. The van der Waals surface area contributed by atoms with Crippen molar-refractivity contribution < 1.29 is 28.9 Å². The van der Waals surface area contributed by atoms with Crippen LogP contribution in [0.4, 0.5) is 0 Å². The lowest BCUT2D eigenvalue weighted by atomic mass is 9.95. The first kappa shape index (κ1) is 27.1. The lowest BCUT2D eigenvalue weighted by Crippen LogP contribution is -2.33. The van der Waals surface area contributed by atoms with Crippen LogP contribution in [0, 0.1) is 0 Å². The van der Waals surface area contributed by atoms with E-state index in [-0.39, 0.29) is 11.3 Å². The summed E-state index contributed by atoms with van der Waals surface area (Å²) in [4.78, 5) is 30.3. The monoisotopic (exact) mass is 496 g/mol. The molecule has 1 aliphatic heterocycles. The molecular formula is C28H36N2O6. The van der Waals surface area contributed by atoms with E-state index in [1.54, 1.807) is 54.5 Å². The summed E-state index contributed by atoms with van der Waals surface area (Å²) >= 11 is 0. The van der Waals surface area contributed by atoms with Crippen molar-refractivity contribution in [2.75, 3.05) is 47.0 Å². The number of amides is 1. The number of nitrogens with zero attached hydrogens (tertiary/aromatic N) is 2. The summed E-state index contributed by atoms with van der Waals surface area (Å²) in [5.74, 6) is 0.00970. The average molecular weight is 497 g/mol. The number of methoxy groups -OCH3 is 2. The maximum absolute atomic E-state index is 13.3. The molecule has 194 valence electrons. The topological polar surface area (TPSA) is 88.5 Å². The van der Waals surface area contributed by atoms with E-state index in [4.69, 9.17) is 14.2 Å². The van der Waals surface area contributed by atoms with Gasteiger partial charge in [0, 0.05) is 12.1 Å². The largest absolute Gasteiger partial charge is 0.507 e. The highest BCUT2D eigenvalue weighted by molar-refractivity contribution is 6.46. The quantitative estimate of drug-likeness (QED) is 0.267. The molecule has 0 bridgehead atoms. The third kappa shape index (κ3) is 5.65. The maximum atomic E-state index is 13.3. The number of ether oxygens (including phenoxy) is 3. The van der Waals surface area contributed by atoms with Crippen LogP contribution >= 0.6 is 0 Å². The Hall–Kier alpha value is -3.52. The molecular weight excluding hydrogens is 460 g/mol. The van der Waals surface area contributed by atoms with E-state index in [1.165, 1.54) is 7.11 Å². The van der Waals surface area contributed by atoms with Crippen molar-refractivity contribution in [3.05, 3.63) is 59.2 Å². The smallest absolute Gasteiger partial charge is 0.295 e. The molecule has 1 N–H and O–H groups in total. The Morgan fingerprint density at radius 1 is 1.00 bits per heavy atom. The minimum atomic E-state index is -0.766. The van der Waals surface area contributed by atoms with Crippen LogP contribution in [0.3, 0.4) is 0 Å². The lowest BCUT2D eigenvalue weighted by molar-refractivity contribution is -0.140. The molecule has 0 saturated carbocycles. The number of rotatable bonds is 12. The van der Waals surface area contributed by atoms with Crippen molar-refractivity contribution in [3.63, 3.8) is 0 Å². The van der Waals surface area contributed by atoms with Crippen molar-refractivity contribution in [3.8, 4) is 17.2 Å². The van der Waals surface area contributed by atoms with Crippen molar-refractivity contribution in [1.82, 2.24) is 9.80 Å². The molecule has 1 fully saturated rings. The number of Topliss-reactive ketones (excluding diaryl/α,β-unsaturated/α-hetero) is 1. The van der Waals surface area contributed by atoms with E-state index in [2.05, 4.69) is 18.7 Å². The zero-order chi connectivity index (χ0) is 26.2. The number of likely N-dealkylation sites (tertiary alicyclic amines) is 1. The molecule has 0 aromatic heterocycles. The van der Waals surface area contributed by atoms with Gasteiger partial charge in [-0.05, 0) is 62.8 Å². The van der Waals surface area contributed by atoms with Gasteiger partial charge < -0.3 is 29.1 Å². The second-order valence-electron chi connectivity index (χ2n) is 8.45. The normalized spacial score (nSPS) is 17.1. The summed E-state index contributed by atoms with van der Waals surface area (Å²) in [6, 6.07) is 11.4. The average Bonchev–Trinajstić information content (AvgIpc) is 3.16. The highest BCUT2D eigenvalue weighted by Crippen LogP contribution is 2.42. The number of hydrogen-bond acceptors (Lipinski definition) is 7. The van der Waals surface area contributed by atoms with E-state index >= 15 is 0 Å². The maximum Gasteiger partial charge on any atom is 0.295 e. The van der Waals surface area contributed by atoms with Crippen LogP contribution in [0.2, 0.25) is 0 Å². The zero-order valence-electron chi connectivity index (χ0n) is 21.7. The van der Waals surface area contributed by atoms with E-state index in [1.807, 2.05) is 6.92 Å². The molecule has 1 heterocycles. The summed E-state index contributed by atoms with van der Waals surface area (Å²) in [5, 5.41) is 11.3. The second kappa shape index (κ2) is 12.4. The summed E-state index contributed by atoms with van der Waals surface area (Å²) in [6.07, 6.45) is 0.693. The van der Waals surface area contributed by atoms with Crippen LogP contribution in [0.25, 0.3) is 5.76 Å². The Bertz CT molecular complexity index is 1110. The summed E-state index contributed by atoms with van der Waals surface area (Å²) in [6.45, 7) is 9.52. The molecule has 36 heavy (non-hydrogen) atoms. The number of ketones is 1. The molecule has 2 aromatic rings. The Labute approximate surface area is 213 Å².